The lowest BCUT2D eigenvalue weighted by Crippen LogP contribution is -2.53. The Labute approximate surface area is 91.1 Å². The van der Waals surface area contributed by atoms with Crippen molar-refractivity contribution in [3.05, 3.63) is 0 Å². The fourth-order valence-corrected chi connectivity index (χ4v) is 2.25. The Morgan fingerprint density at radius 2 is 1.93 bits per heavy atom. The van der Waals surface area contributed by atoms with Gasteiger partial charge in [0.25, 0.3) is 0 Å². The average Bonchev–Trinajstić information content (AvgIpc) is 2.67. The van der Waals surface area contributed by atoms with Gasteiger partial charge in [0, 0.05) is 6.61 Å². The van der Waals surface area contributed by atoms with Crippen LogP contribution in [0.2, 0.25) is 0 Å². The molecule has 88 valence electrons. The fraction of sp³-hybridized carbons (Fsp3) is 0.909. The lowest BCUT2D eigenvalue weighted by molar-refractivity contribution is -0.154. The van der Waals surface area contributed by atoms with Gasteiger partial charge >= 0.3 is 5.97 Å². The number of carbonyl (C=O) groups is 1. The molecule has 1 fully saturated rings. The number of esters is 1. The molecule has 1 rings (SSSR count). The average molecular weight is 215 g/mol. The molecule has 0 bridgehead atoms. The normalized spacial score (nSPS) is 21.3. The van der Waals surface area contributed by atoms with E-state index in [2.05, 4.69) is 0 Å². The van der Waals surface area contributed by atoms with Crippen LogP contribution in [0.15, 0.2) is 0 Å². The van der Waals surface area contributed by atoms with Crippen molar-refractivity contribution in [1.29, 1.82) is 0 Å². The predicted molar refractivity (Wildman–Crippen MR) is 57.4 cm³/mol. The van der Waals surface area contributed by atoms with Crippen LogP contribution < -0.4 is 5.73 Å². The molecule has 1 aliphatic carbocycles. The topological polar surface area (TPSA) is 61.5 Å². The molecule has 2 N–H and O–H groups in total. The molecule has 0 heterocycles. The molecule has 0 amide bonds. The van der Waals surface area contributed by atoms with Crippen molar-refractivity contribution < 1.29 is 14.3 Å². The first-order valence-corrected chi connectivity index (χ1v) is 5.72. The van der Waals surface area contributed by atoms with Gasteiger partial charge in [0.15, 0.2) is 0 Å². The Balaban J connectivity index is 2.66. The summed E-state index contributed by atoms with van der Waals surface area (Å²) < 4.78 is 10.6. The van der Waals surface area contributed by atoms with Crippen LogP contribution in [0.25, 0.3) is 0 Å². The Kier molecular flexibility index (Phi) is 4.54. The van der Waals surface area contributed by atoms with Gasteiger partial charge < -0.3 is 15.2 Å². The molecule has 0 radical (unpaired) electrons. The first kappa shape index (κ1) is 12.5. The molecule has 0 unspecified atom stereocenters. The second kappa shape index (κ2) is 5.47. The molecular weight excluding hydrogens is 194 g/mol. The van der Waals surface area contributed by atoms with Crippen LogP contribution in [0.4, 0.5) is 0 Å². The predicted octanol–water partition coefficient (Wildman–Crippen LogP) is 1.23. The SMILES string of the molecule is CCOC(=O)[C@@H](N)C1(OCC)CCCC1. The molecular formula is C11H21NO3. The molecule has 1 saturated carbocycles. The lowest BCUT2D eigenvalue weighted by Gasteiger charge is -2.33. The molecule has 0 aromatic heterocycles. The van der Waals surface area contributed by atoms with Crippen LogP contribution in [0.3, 0.4) is 0 Å². The van der Waals surface area contributed by atoms with E-state index in [1.165, 1.54) is 0 Å². The number of carbonyl (C=O) groups excluding carboxylic acids is 1. The maximum Gasteiger partial charge on any atom is 0.325 e. The van der Waals surface area contributed by atoms with E-state index in [-0.39, 0.29) is 5.97 Å². The third kappa shape index (κ3) is 2.69. The smallest absolute Gasteiger partial charge is 0.325 e. The van der Waals surface area contributed by atoms with Crippen LogP contribution in [0.5, 0.6) is 0 Å². The maximum atomic E-state index is 11.6. The molecule has 1 atom stereocenters. The van der Waals surface area contributed by atoms with Gasteiger partial charge in [-0.3, -0.25) is 4.79 Å². The third-order valence-corrected chi connectivity index (χ3v) is 2.99. The summed E-state index contributed by atoms with van der Waals surface area (Å²) in [7, 11) is 0. The zero-order valence-corrected chi connectivity index (χ0v) is 9.62. The van der Waals surface area contributed by atoms with Crippen molar-refractivity contribution in [2.75, 3.05) is 13.2 Å². The second-order valence-electron chi connectivity index (χ2n) is 3.93. The number of nitrogens with two attached hydrogens (primary N) is 1. The highest BCUT2D eigenvalue weighted by Crippen LogP contribution is 2.35. The highest BCUT2D eigenvalue weighted by Gasteiger charge is 2.44. The largest absolute Gasteiger partial charge is 0.465 e. The molecule has 0 spiro atoms. The van der Waals surface area contributed by atoms with Crippen LogP contribution in [0.1, 0.15) is 39.5 Å². The van der Waals surface area contributed by atoms with E-state index in [0.29, 0.717) is 13.2 Å². The minimum Gasteiger partial charge on any atom is -0.465 e. The zero-order valence-electron chi connectivity index (χ0n) is 9.62. The van der Waals surface area contributed by atoms with E-state index in [1.807, 2.05) is 6.92 Å². The van der Waals surface area contributed by atoms with E-state index in [0.717, 1.165) is 25.7 Å². The van der Waals surface area contributed by atoms with Crippen LogP contribution in [-0.4, -0.2) is 30.8 Å². The summed E-state index contributed by atoms with van der Waals surface area (Å²) in [4.78, 5) is 11.6. The van der Waals surface area contributed by atoms with Crippen LogP contribution in [0, 0.1) is 0 Å². The van der Waals surface area contributed by atoms with Gasteiger partial charge in [0.1, 0.15) is 6.04 Å². The van der Waals surface area contributed by atoms with E-state index in [4.69, 9.17) is 15.2 Å². The second-order valence-corrected chi connectivity index (χ2v) is 3.93. The van der Waals surface area contributed by atoms with Gasteiger partial charge in [0.2, 0.25) is 0 Å². The Morgan fingerprint density at radius 1 is 1.33 bits per heavy atom. The van der Waals surface area contributed by atoms with Gasteiger partial charge in [-0.25, -0.2) is 0 Å². The number of hydrogen-bond donors (Lipinski definition) is 1. The monoisotopic (exact) mass is 215 g/mol. The van der Waals surface area contributed by atoms with Gasteiger partial charge in [-0.15, -0.1) is 0 Å². The van der Waals surface area contributed by atoms with Crippen LogP contribution >= 0.6 is 0 Å². The first-order chi connectivity index (χ1) is 7.16. The molecule has 0 aromatic rings. The van der Waals surface area contributed by atoms with Crippen molar-refractivity contribution in [2.24, 2.45) is 5.73 Å². The maximum absolute atomic E-state index is 11.6. The van der Waals surface area contributed by atoms with Crippen molar-refractivity contribution >= 4 is 5.97 Å². The summed E-state index contributed by atoms with van der Waals surface area (Å²) in [6.07, 6.45) is 3.88. The molecule has 0 aliphatic heterocycles. The number of hydrogen-bond acceptors (Lipinski definition) is 4. The van der Waals surface area contributed by atoms with E-state index >= 15 is 0 Å². The van der Waals surface area contributed by atoms with E-state index in [1.54, 1.807) is 6.92 Å². The summed E-state index contributed by atoms with van der Waals surface area (Å²) >= 11 is 0. The van der Waals surface area contributed by atoms with Crippen molar-refractivity contribution in [3.63, 3.8) is 0 Å². The minimum atomic E-state index is -0.639. The fourth-order valence-electron chi connectivity index (χ4n) is 2.25. The van der Waals surface area contributed by atoms with Crippen molar-refractivity contribution in [3.8, 4) is 0 Å². The lowest BCUT2D eigenvalue weighted by atomic mass is 9.92. The summed E-state index contributed by atoms with van der Waals surface area (Å²) in [5.74, 6) is -0.340. The molecule has 0 aromatic carbocycles. The summed E-state index contributed by atoms with van der Waals surface area (Å²) in [5, 5.41) is 0. The molecule has 4 nitrogen and oxygen atoms in total. The standard InChI is InChI=1S/C11H21NO3/c1-3-14-10(13)9(12)11(15-4-2)7-5-6-8-11/h9H,3-8,12H2,1-2H3/t9-/m1/s1. The Hall–Kier alpha value is -0.610. The zero-order chi connectivity index (χ0) is 11.3. The number of ether oxygens (including phenoxy) is 2. The number of rotatable bonds is 5. The van der Waals surface area contributed by atoms with Crippen molar-refractivity contribution in [2.45, 2.75) is 51.2 Å². The molecule has 1 aliphatic rings. The molecule has 15 heavy (non-hydrogen) atoms. The molecule has 4 heteroatoms. The summed E-state index contributed by atoms with van der Waals surface area (Å²) in [6.45, 7) is 4.67. The summed E-state index contributed by atoms with van der Waals surface area (Å²) in [5.41, 5.74) is 5.46. The third-order valence-electron chi connectivity index (χ3n) is 2.99. The first-order valence-electron chi connectivity index (χ1n) is 5.72. The van der Waals surface area contributed by atoms with Gasteiger partial charge in [-0.2, -0.15) is 0 Å². The molecule has 0 saturated heterocycles. The van der Waals surface area contributed by atoms with E-state index < -0.39 is 11.6 Å². The Bertz CT molecular complexity index is 212. The minimum absolute atomic E-state index is 0.340. The van der Waals surface area contributed by atoms with Gasteiger partial charge in [-0.05, 0) is 26.7 Å². The highest BCUT2D eigenvalue weighted by atomic mass is 16.5. The van der Waals surface area contributed by atoms with Gasteiger partial charge in [0.05, 0.1) is 12.2 Å². The quantitative estimate of drug-likeness (QED) is 0.701. The van der Waals surface area contributed by atoms with Crippen LogP contribution in [-0.2, 0) is 14.3 Å². The van der Waals surface area contributed by atoms with Crippen molar-refractivity contribution in [1.82, 2.24) is 0 Å². The van der Waals surface area contributed by atoms with E-state index in [9.17, 15) is 4.79 Å². The highest BCUT2D eigenvalue weighted by molar-refractivity contribution is 5.77. The Morgan fingerprint density at radius 3 is 2.40 bits per heavy atom. The van der Waals surface area contributed by atoms with Gasteiger partial charge in [-0.1, -0.05) is 12.8 Å². The summed E-state index contributed by atoms with van der Waals surface area (Å²) in [6, 6.07) is -0.639.